The van der Waals surface area contributed by atoms with Crippen molar-refractivity contribution in [1.29, 1.82) is 0 Å². The van der Waals surface area contributed by atoms with Crippen LogP contribution >= 0.6 is 22.7 Å². The number of hydrogen-bond acceptors (Lipinski definition) is 7. The van der Waals surface area contributed by atoms with E-state index < -0.39 is 0 Å². The van der Waals surface area contributed by atoms with Crippen LogP contribution in [0.25, 0.3) is 97.1 Å². The Balaban J connectivity index is 1.22. The molecule has 0 bridgehead atoms. The summed E-state index contributed by atoms with van der Waals surface area (Å²) >= 11 is 3.54. The second-order valence-electron chi connectivity index (χ2n) is 11.4. The van der Waals surface area contributed by atoms with Gasteiger partial charge in [-0.2, -0.15) is 0 Å². The topological polar surface area (TPSA) is 64.7 Å². The molecule has 4 aromatic heterocycles. The molecule has 10 rings (SSSR count). The molecular formula is C40H22N4OS2. The quantitative estimate of drug-likeness (QED) is 0.192. The Morgan fingerprint density at radius 2 is 1.15 bits per heavy atom. The van der Waals surface area contributed by atoms with Crippen LogP contribution in [0, 0.1) is 0 Å². The molecule has 47 heavy (non-hydrogen) atoms. The number of aromatic nitrogens is 4. The predicted octanol–water partition coefficient (Wildman–Crippen LogP) is 11.4. The zero-order chi connectivity index (χ0) is 30.9. The molecule has 0 atom stereocenters. The van der Waals surface area contributed by atoms with Crippen LogP contribution in [-0.2, 0) is 0 Å². The highest BCUT2D eigenvalue weighted by Gasteiger charge is 2.20. The summed E-state index contributed by atoms with van der Waals surface area (Å²) in [6.45, 7) is 0. The Hall–Kier alpha value is -5.76. The minimum atomic E-state index is 0.607. The molecule has 0 aliphatic carbocycles. The van der Waals surface area contributed by atoms with Crippen molar-refractivity contribution in [2.45, 2.75) is 0 Å². The summed E-state index contributed by atoms with van der Waals surface area (Å²) in [5, 5.41) is 4.69. The fourth-order valence-corrected chi connectivity index (χ4v) is 8.72. The summed E-state index contributed by atoms with van der Waals surface area (Å²) in [5.74, 6) is 2.56. The molecule has 0 spiro atoms. The number of thiophene rings is 2. The first-order valence-electron chi connectivity index (χ1n) is 15.3. The van der Waals surface area contributed by atoms with Crippen molar-refractivity contribution in [3.8, 4) is 45.6 Å². The standard InChI is InChI=1S/C40H22N4OS2/c1-2-10-23(11-3-1)37-42-38(44-39(43-37)28-15-8-13-26-25-12-4-7-18-32(25)47-36(26)28)27-14-9-19-34-35(27)29-22-24(20-21-33(29)46-34)40-41-30-16-5-6-17-31(30)45-40/h1-22H. The van der Waals surface area contributed by atoms with E-state index >= 15 is 0 Å². The van der Waals surface area contributed by atoms with Crippen molar-refractivity contribution in [3.05, 3.63) is 133 Å². The predicted molar refractivity (Wildman–Crippen MR) is 195 cm³/mol. The molecule has 4 heterocycles. The van der Waals surface area contributed by atoms with E-state index in [4.69, 9.17) is 24.4 Å². The van der Waals surface area contributed by atoms with Gasteiger partial charge >= 0.3 is 0 Å². The van der Waals surface area contributed by atoms with Crippen molar-refractivity contribution in [3.63, 3.8) is 0 Å². The summed E-state index contributed by atoms with van der Waals surface area (Å²) in [5.41, 5.74) is 5.47. The van der Waals surface area contributed by atoms with Gasteiger partial charge in [0.05, 0.1) is 0 Å². The number of oxazole rings is 1. The van der Waals surface area contributed by atoms with Crippen molar-refractivity contribution < 1.29 is 4.42 Å². The molecule has 7 heteroatoms. The highest BCUT2D eigenvalue weighted by Crippen LogP contribution is 2.43. The highest BCUT2D eigenvalue weighted by atomic mass is 32.1. The summed E-state index contributed by atoms with van der Waals surface area (Å²) < 4.78 is 10.9. The minimum Gasteiger partial charge on any atom is -0.436 e. The van der Waals surface area contributed by atoms with Gasteiger partial charge < -0.3 is 4.42 Å². The second-order valence-corrected chi connectivity index (χ2v) is 13.6. The van der Waals surface area contributed by atoms with Crippen LogP contribution in [0.3, 0.4) is 0 Å². The molecule has 0 fully saturated rings. The van der Waals surface area contributed by atoms with Crippen molar-refractivity contribution in [2.24, 2.45) is 0 Å². The number of fused-ring (bicyclic) bond motifs is 7. The average Bonchev–Trinajstić information content (AvgIpc) is 3.85. The smallest absolute Gasteiger partial charge is 0.227 e. The molecule has 0 saturated heterocycles. The number of rotatable bonds is 4. The molecule has 6 aromatic carbocycles. The maximum absolute atomic E-state index is 6.15. The first-order valence-corrected chi connectivity index (χ1v) is 16.9. The zero-order valence-electron chi connectivity index (χ0n) is 24.7. The van der Waals surface area contributed by atoms with E-state index in [0.29, 0.717) is 23.4 Å². The maximum Gasteiger partial charge on any atom is 0.227 e. The van der Waals surface area contributed by atoms with Crippen LogP contribution in [0.5, 0.6) is 0 Å². The molecule has 5 nitrogen and oxygen atoms in total. The second kappa shape index (κ2) is 10.4. The molecule has 0 aliphatic rings. The number of benzene rings is 6. The van der Waals surface area contributed by atoms with E-state index in [-0.39, 0.29) is 0 Å². The third-order valence-electron chi connectivity index (χ3n) is 8.59. The van der Waals surface area contributed by atoms with E-state index in [2.05, 4.69) is 91.0 Å². The lowest BCUT2D eigenvalue weighted by Crippen LogP contribution is -2.00. The lowest BCUT2D eigenvalue weighted by molar-refractivity contribution is 0.620. The van der Waals surface area contributed by atoms with Crippen LogP contribution in [0.2, 0.25) is 0 Å². The van der Waals surface area contributed by atoms with Crippen LogP contribution in [0.1, 0.15) is 0 Å². The normalized spacial score (nSPS) is 11.8. The Morgan fingerprint density at radius 3 is 2.06 bits per heavy atom. The van der Waals surface area contributed by atoms with Crippen LogP contribution in [0.15, 0.2) is 138 Å². The minimum absolute atomic E-state index is 0.607. The molecule has 220 valence electrons. The zero-order valence-corrected chi connectivity index (χ0v) is 26.3. The van der Waals surface area contributed by atoms with E-state index in [1.165, 1.54) is 29.6 Å². The Labute approximate surface area is 276 Å². The van der Waals surface area contributed by atoms with Gasteiger partial charge in [0, 0.05) is 62.6 Å². The third-order valence-corrected chi connectivity index (χ3v) is 10.9. The Bertz CT molecular complexity index is 2780. The van der Waals surface area contributed by atoms with Crippen molar-refractivity contribution in [1.82, 2.24) is 19.9 Å². The van der Waals surface area contributed by atoms with Gasteiger partial charge in [0.15, 0.2) is 23.1 Å². The van der Waals surface area contributed by atoms with Crippen molar-refractivity contribution >= 4 is 74.1 Å². The van der Waals surface area contributed by atoms with E-state index in [9.17, 15) is 0 Å². The molecule has 0 radical (unpaired) electrons. The average molecular weight is 639 g/mol. The maximum atomic E-state index is 6.15. The summed E-state index contributed by atoms with van der Waals surface area (Å²) in [6, 6.07) is 45.8. The molecule has 0 N–H and O–H groups in total. The molecule has 0 saturated carbocycles. The number of para-hydroxylation sites is 2. The van der Waals surface area contributed by atoms with E-state index in [1.807, 2.05) is 42.5 Å². The molecule has 0 amide bonds. The summed E-state index contributed by atoms with van der Waals surface area (Å²) in [7, 11) is 0. The van der Waals surface area contributed by atoms with E-state index in [1.54, 1.807) is 22.7 Å². The van der Waals surface area contributed by atoms with Gasteiger partial charge in [-0.05, 0) is 48.5 Å². The largest absolute Gasteiger partial charge is 0.436 e. The first-order chi connectivity index (χ1) is 23.3. The number of nitrogens with zero attached hydrogens (tertiary/aromatic N) is 4. The fraction of sp³-hybridized carbons (Fsp3) is 0. The highest BCUT2D eigenvalue weighted by molar-refractivity contribution is 7.26. The van der Waals surface area contributed by atoms with Gasteiger partial charge in [-0.15, -0.1) is 22.7 Å². The monoisotopic (exact) mass is 638 g/mol. The van der Waals surface area contributed by atoms with Crippen LogP contribution < -0.4 is 0 Å². The van der Waals surface area contributed by atoms with Gasteiger partial charge in [-0.25, -0.2) is 19.9 Å². The van der Waals surface area contributed by atoms with Gasteiger partial charge in [-0.1, -0.05) is 84.9 Å². The van der Waals surface area contributed by atoms with Gasteiger partial charge in [-0.3, -0.25) is 0 Å². The number of hydrogen-bond donors (Lipinski definition) is 0. The summed E-state index contributed by atoms with van der Waals surface area (Å²) in [6.07, 6.45) is 0. The van der Waals surface area contributed by atoms with Gasteiger partial charge in [0.1, 0.15) is 5.52 Å². The van der Waals surface area contributed by atoms with Gasteiger partial charge in [0.2, 0.25) is 5.89 Å². The first kappa shape index (κ1) is 26.5. The Kier molecular flexibility index (Phi) is 5.85. The molecule has 0 aliphatic heterocycles. The van der Waals surface area contributed by atoms with E-state index in [0.717, 1.165) is 44.1 Å². The SMILES string of the molecule is c1ccc(-c2nc(-c3cccc4c3sc3ccccc34)nc(-c3cccc4sc5ccc(-c6nc7ccccc7o6)cc5c34)n2)cc1. The van der Waals surface area contributed by atoms with Crippen LogP contribution in [-0.4, -0.2) is 19.9 Å². The summed E-state index contributed by atoms with van der Waals surface area (Å²) in [4.78, 5) is 20.2. The molecule has 0 unspecified atom stereocenters. The lowest BCUT2D eigenvalue weighted by atomic mass is 10.0. The molecule has 10 aromatic rings. The van der Waals surface area contributed by atoms with Crippen molar-refractivity contribution in [2.75, 3.05) is 0 Å². The Morgan fingerprint density at radius 1 is 0.447 bits per heavy atom. The van der Waals surface area contributed by atoms with Gasteiger partial charge in [0.25, 0.3) is 0 Å². The third kappa shape index (κ3) is 4.28. The lowest BCUT2D eigenvalue weighted by Gasteiger charge is -2.10. The molecular weight excluding hydrogens is 617 g/mol. The van der Waals surface area contributed by atoms with Crippen LogP contribution in [0.4, 0.5) is 0 Å². The fourth-order valence-electron chi connectivity index (χ4n) is 6.40.